The summed E-state index contributed by atoms with van der Waals surface area (Å²) in [7, 11) is 0. The van der Waals surface area contributed by atoms with Crippen LogP contribution in [0.2, 0.25) is 0 Å². The summed E-state index contributed by atoms with van der Waals surface area (Å²) in [6.45, 7) is 2.72. The zero-order valence-corrected chi connectivity index (χ0v) is 10.2. The SMILES string of the molecule is NC1(C(=O)N2CCCC(CO)C2)CCOCC1. The Morgan fingerprint density at radius 3 is 2.82 bits per heavy atom. The molecule has 1 atom stereocenters. The quantitative estimate of drug-likeness (QED) is 0.698. The van der Waals surface area contributed by atoms with E-state index in [0.717, 1.165) is 19.4 Å². The molecule has 0 radical (unpaired) electrons. The number of ether oxygens (including phenoxy) is 1. The molecular formula is C12H22N2O3. The summed E-state index contributed by atoms with van der Waals surface area (Å²) in [6.07, 6.45) is 3.17. The molecule has 2 heterocycles. The molecule has 0 saturated carbocycles. The van der Waals surface area contributed by atoms with Crippen LogP contribution in [0.25, 0.3) is 0 Å². The lowest BCUT2D eigenvalue weighted by atomic mass is 9.88. The second-order valence-electron chi connectivity index (χ2n) is 5.21. The molecule has 1 amide bonds. The summed E-state index contributed by atoms with van der Waals surface area (Å²) in [5, 5.41) is 9.18. The second-order valence-corrected chi connectivity index (χ2v) is 5.21. The van der Waals surface area contributed by atoms with E-state index in [1.165, 1.54) is 0 Å². The van der Waals surface area contributed by atoms with E-state index in [1.807, 2.05) is 4.90 Å². The van der Waals surface area contributed by atoms with Gasteiger partial charge in [0.25, 0.3) is 0 Å². The summed E-state index contributed by atoms with van der Waals surface area (Å²) < 4.78 is 5.25. The molecule has 1 unspecified atom stereocenters. The number of carbonyl (C=O) groups excluding carboxylic acids is 1. The Balaban J connectivity index is 1.98. The molecule has 3 N–H and O–H groups in total. The van der Waals surface area contributed by atoms with Gasteiger partial charge in [-0.05, 0) is 31.6 Å². The van der Waals surface area contributed by atoms with Crippen LogP contribution in [0.4, 0.5) is 0 Å². The van der Waals surface area contributed by atoms with E-state index in [9.17, 15) is 9.90 Å². The van der Waals surface area contributed by atoms with Crippen LogP contribution in [0.5, 0.6) is 0 Å². The Morgan fingerprint density at radius 1 is 1.47 bits per heavy atom. The molecule has 2 fully saturated rings. The Labute approximate surface area is 102 Å². The summed E-state index contributed by atoms with van der Waals surface area (Å²) in [5.41, 5.74) is 5.45. The van der Waals surface area contributed by atoms with E-state index >= 15 is 0 Å². The van der Waals surface area contributed by atoms with Crippen LogP contribution in [0.1, 0.15) is 25.7 Å². The molecule has 0 spiro atoms. The highest BCUT2D eigenvalue weighted by Crippen LogP contribution is 2.24. The van der Waals surface area contributed by atoms with Crippen molar-refractivity contribution < 1.29 is 14.6 Å². The first-order valence-corrected chi connectivity index (χ1v) is 6.42. The molecule has 17 heavy (non-hydrogen) atoms. The van der Waals surface area contributed by atoms with Gasteiger partial charge in [0.15, 0.2) is 0 Å². The number of amides is 1. The number of hydrogen-bond donors (Lipinski definition) is 2. The molecule has 0 aromatic carbocycles. The molecule has 98 valence electrons. The minimum atomic E-state index is -0.740. The van der Waals surface area contributed by atoms with Crippen LogP contribution >= 0.6 is 0 Å². The number of nitrogens with two attached hydrogens (primary N) is 1. The fourth-order valence-corrected chi connectivity index (χ4v) is 2.66. The predicted octanol–water partition coefficient (Wildman–Crippen LogP) is -0.275. The molecule has 0 aliphatic carbocycles. The maximum atomic E-state index is 12.4. The molecule has 0 aromatic heterocycles. The monoisotopic (exact) mass is 242 g/mol. The highest BCUT2D eigenvalue weighted by atomic mass is 16.5. The van der Waals surface area contributed by atoms with Gasteiger partial charge in [0.2, 0.25) is 5.91 Å². The number of aliphatic hydroxyl groups excluding tert-OH is 1. The van der Waals surface area contributed by atoms with E-state index in [4.69, 9.17) is 10.5 Å². The van der Waals surface area contributed by atoms with E-state index in [2.05, 4.69) is 0 Å². The largest absolute Gasteiger partial charge is 0.396 e. The number of carbonyl (C=O) groups is 1. The first-order valence-electron chi connectivity index (χ1n) is 6.42. The van der Waals surface area contributed by atoms with Gasteiger partial charge in [-0.3, -0.25) is 4.79 Å². The van der Waals surface area contributed by atoms with Gasteiger partial charge < -0.3 is 20.5 Å². The number of piperidine rings is 1. The average Bonchev–Trinajstić information content (AvgIpc) is 2.39. The Hall–Kier alpha value is -0.650. The van der Waals surface area contributed by atoms with Gasteiger partial charge in [-0.1, -0.05) is 0 Å². The van der Waals surface area contributed by atoms with Crippen molar-refractivity contribution in [3.8, 4) is 0 Å². The maximum Gasteiger partial charge on any atom is 0.242 e. The van der Waals surface area contributed by atoms with Gasteiger partial charge in [0, 0.05) is 32.9 Å². The van der Waals surface area contributed by atoms with Gasteiger partial charge in [0.1, 0.15) is 0 Å². The lowest BCUT2D eigenvalue weighted by Gasteiger charge is -2.40. The maximum absolute atomic E-state index is 12.4. The number of aliphatic hydroxyl groups is 1. The lowest BCUT2D eigenvalue weighted by molar-refractivity contribution is -0.142. The van der Waals surface area contributed by atoms with Gasteiger partial charge >= 0.3 is 0 Å². The Morgan fingerprint density at radius 2 is 2.18 bits per heavy atom. The van der Waals surface area contributed by atoms with Crippen molar-refractivity contribution in [3.05, 3.63) is 0 Å². The molecule has 2 saturated heterocycles. The highest BCUT2D eigenvalue weighted by molar-refractivity contribution is 5.86. The van der Waals surface area contributed by atoms with Crippen molar-refractivity contribution >= 4 is 5.91 Å². The normalized spacial score (nSPS) is 29.1. The van der Waals surface area contributed by atoms with Crippen LogP contribution in [-0.2, 0) is 9.53 Å². The van der Waals surface area contributed by atoms with Crippen LogP contribution < -0.4 is 5.73 Å². The van der Waals surface area contributed by atoms with Crippen LogP contribution in [0.3, 0.4) is 0 Å². The highest BCUT2D eigenvalue weighted by Gasteiger charge is 2.40. The summed E-state index contributed by atoms with van der Waals surface area (Å²) in [4.78, 5) is 14.2. The third-order valence-corrected chi connectivity index (χ3v) is 3.88. The fourth-order valence-electron chi connectivity index (χ4n) is 2.66. The number of hydrogen-bond acceptors (Lipinski definition) is 4. The predicted molar refractivity (Wildman–Crippen MR) is 63.4 cm³/mol. The van der Waals surface area contributed by atoms with Crippen molar-refractivity contribution in [2.24, 2.45) is 11.7 Å². The van der Waals surface area contributed by atoms with E-state index < -0.39 is 5.54 Å². The van der Waals surface area contributed by atoms with E-state index in [-0.39, 0.29) is 18.4 Å². The first kappa shape index (κ1) is 12.8. The lowest BCUT2D eigenvalue weighted by Crippen LogP contribution is -2.59. The second kappa shape index (κ2) is 5.33. The van der Waals surface area contributed by atoms with Crippen molar-refractivity contribution in [1.82, 2.24) is 4.90 Å². The van der Waals surface area contributed by atoms with Gasteiger partial charge in [0.05, 0.1) is 5.54 Å². The summed E-state index contributed by atoms with van der Waals surface area (Å²) in [5.74, 6) is 0.259. The van der Waals surface area contributed by atoms with E-state index in [1.54, 1.807) is 0 Å². The van der Waals surface area contributed by atoms with Crippen LogP contribution in [0, 0.1) is 5.92 Å². The third-order valence-electron chi connectivity index (χ3n) is 3.88. The molecule has 5 nitrogen and oxygen atoms in total. The molecular weight excluding hydrogens is 220 g/mol. The molecule has 2 rings (SSSR count). The molecule has 0 bridgehead atoms. The van der Waals surface area contributed by atoms with Gasteiger partial charge in [-0.25, -0.2) is 0 Å². The van der Waals surface area contributed by atoms with Gasteiger partial charge in [-0.15, -0.1) is 0 Å². The summed E-state index contributed by atoms with van der Waals surface area (Å²) in [6, 6.07) is 0. The molecule has 2 aliphatic rings. The van der Waals surface area contributed by atoms with E-state index in [0.29, 0.717) is 32.6 Å². The fraction of sp³-hybridized carbons (Fsp3) is 0.917. The van der Waals surface area contributed by atoms with Crippen LogP contribution in [0.15, 0.2) is 0 Å². The Kier molecular flexibility index (Phi) is 4.01. The smallest absolute Gasteiger partial charge is 0.242 e. The number of rotatable bonds is 2. The molecule has 2 aliphatic heterocycles. The molecule has 0 aromatic rings. The minimum Gasteiger partial charge on any atom is -0.396 e. The number of likely N-dealkylation sites (tertiary alicyclic amines) is 1. The van der Waals surface area contributed by atoms with Crippen molar-refractivity contribution in [3.63, 3.8) is 0 Å². The zero-order valence-electron chi connectivity index (χ0n) is 10.2. The Bertz CT molecular complexity index is 277. The van der Waals surface area contributed by atoms with Crippen molar-refractivity contribution in [1.29, 1.82) is 0 Å². The van der Waals surface area contributed by atoms with Crippen LogP contribution in [-0.4, -0.2) is 54.4 Å². The third kappa shape index (κ3) is 2.78. The first-order chi connectivity index (χ1) is 8.15. The minimum absolute atomic E-state index is 0.0407. The van der Waals surface area contributed by atoms with Crippen molar-refractivity contribution in [2.45, 2.75) is 31.2 Å². The standard InChI is InChI=1S/C12H22N2O3/c13-12(3-6-17-7-4-12)11(16)14-5-1-2-10(8-14)9-15/h10,15H,1-9,13H2. The zero-order chi connectivity index (χ0) is 12.3. The average molecular weight is 242 g/mol. The molecule has 5 heteroatoms. The van der Waals surface area contributed by atoms with Gasteiger partial charge in [-0.2, -0.15) is 0 Å². The van der Waals surface area contributed by atoms with Crippen molar-refractivity contribution in [2.75, 3.05) is 32.9 Å². The topological polar surface area (TPSA) is 75.8 Å². The number of nitrogens with zero attached hydrogens (tertiary/aromatic N) is 1. The summed E-state index contributed by atoms with van der Waals surface area (Å²) >= 11 is 0.